The van der Waals surface area contributed by atoms with Crippen LogP contribution in [0.3, 0.4) is 0 Å². The van der Waals surface area contributed by atoms with Gasteiger partial charge < -0.3 is 0 Å². The molecule has 4 nitrogen and oxygen atoms in total. The Morgan fingerprint density at radius 1 is 1.40 bits per heavy atom. The van der Waals surface area contributed by atoms with Crippen LogP contribution >= 0.6 is 11.6 Å². The number of halogens is 1. The van der Waals surface area contributed by atoms with E-state index in [0.29, 0.717) is 5.15 Å². The molecule has 1 amide bonds. The van der Waals surface area contributed by atoms with Gasteiger partial charge in [-0.3, -0.25) is 10.1 Å². The highest BCUT2D eigenvalue weighted by Gasteiger charge is 2.22. The molecule has 0 saturated heterocycles. The Hall–Kier alpha value is -1.16. The molecule has 0 aliphatic rings. The van der Waals surface area contributed by atoms with Crippen molar-refractivity contribution < 1.29 is 4.79 Å². The zero-order chi connectivity index (χ0) is 11.6. The number of hydrogen-bond donors (Lipinski definition) is 1. The number of nitrogens with zero attached hydrogens (tertiary/aromatic N) is 2. The first-order valence-corrected chi connectivity index (χ1v) is 4.99. The molecule has 0 atom stereocenters. The Kier molecular flexibility index (Phi) is 3.29. The van der Waals surface area contributed by atoms with Crippen molar-refractivity contribution in [3.8, 4) is 0 Å². The molecule has 0 aliphatic carbocycles. The van der Waals surface area contributed by atoms with Crippen LogP contribution in [0.25, 0.3) is 0 Å². The highest BCUT2D eigenvalue weighted by molar-refractivity contribution is 6.29. The van der Waals surface area contributed by atoms with Crippen LogP contribution in [0, 0.1) is 12.3 Å². The van der Waals surface area contributed by atoms with E-state index in [-0.39, 0.29) is 11.9 Å². The Bertz CT molecular complexity index is 364. The van der Waals surface area contributed by atoms with Crippen LogP contribution in [0.15, 0.2) is 6.07 Å². The van der Waals surface area contributed by atoms with Crippen molar-refractivity contribution in [3.63, 3.8) is 0 Å². The predicted molar refractivity (Wildman–Crippen MR) is 59.9 cm³/mol. The fourth-order valence-corrected chi connectivity index (χ4v) is 1.11. The lowest BCUT2D eigenvalue weighted by Gasteiger charge is -2.16. The van der Waals surface area contributed by atoms with Crippen molar-refractivity contribution >= 4 is 23.5 Å². The molecule has 1 aromatic rings. The van der Waals surface area contributed by atoms with Crippen LogP contribution in [-0.2, 0) is 4.79 Å². The third-order valence-electron chi connectivity index (χ3n) is 1.73. The first-order chi connectivity index (χ1) is 6.79. The lowest BCUT2D eigenvalue weighted by Crippen LogP contribution is -2.28. The van der Waals surface area contributed by atoms with Crippen LogP contribution in [0.4, 0.5) is 5.95 Å². The van der Waals surface area contributed by atoms with Gasteiger partial charge in [0.2, 0.25) is 11.9 Å². The van der Waals surface area contributed by atoms with Crippen LogP contribution < -0.4 is 5.32 Å². The van der Waals surface area contributed by atoms with Crippen molar-refractivity contribution in [2.75, 3.05) is 5.32 Å². The van der Waals surface area contributed by atoms with E-state index in [9.17, 15) is 4.79 Å². The molecule has 82 valence electrons. The monoisotopic (exact) mass is 227 g/mol. The summed E-state index contributed by atoms with van der Waals surface area (Å²) in [5, 5.41) is 2.94. The van der Waals surface area contributed by atoms with E-state index in [0.717, 1.165) is 5.69 Å². The van der Waals surface area contributed by atoms with Gasteiger partial charge in [-0.05, 0) is 13.0 Å². The number of anilines is 1. The Labute approximate surface area is 94.1 Å². The maximum absolute atomic E-state index is 11.6. The largest absolute Gasteiger partial charge is 0.294 e. The lowest BCUT2D eigenvalue weighted by molar-refractivity contribution is -0.123. The zero-order valence-corrected chi connectivity index (χ0v) is 10.0. The molecule has 15 heavy (non-hydrogen) atoms. The third-order valence-corrected chi connectivity index (χ3v) is 1.92. The molecule has 0 aromatic carbocycles. The second kappa shape index (κ2) is 4.14. The molecule has 1 rings (SSSR count). The van der Waals surface area contributed by atoms with Gasteiger partial charge in [-0.15, -0.1) is 0 Å². The van der Waals surface area contributed by atoms with Gasteiger partial charge in [0.1, 0.15) is 5.15 Å². The fraction of sp³-hybridized carbons (Fsp3) is 0.500. The number of hydrogen-bond acceptors (Lipinski definition) is 3. The topological polar surface area (TPSA) is 54.9 Å². The molecular weight excluding hydrogens is 214 g/mol. The molecule has 0 spiro atoms. The summed E-state index contributed by atoms with van der Waals surface area (Å²) in [6.07, 6.45) is 0. The maximum Gasteiger partial charge on any atom is 0.232 e. The highest BCUT2D eigenvalue weighted by atomic mass is 35.5. The van der Waals surface area contributed by atoms with E-state index < -0.39 is 5.41 Å². The molecule has 0 aliphatic heterocycles. The third kappa shape index (κ3) is 3.47. The van der Waals surface area contributed by atoms with Gasteiger partial charge in [0.05, 0.1) is 0 Å². The Morgan fingerprint density at radius 2 is 2.00 bits per heavy atom. The summed E-state index contributed by atoms with van der Waals surface area (Å²) < 4.78 is 0. The van der Waals surface area contributed by atoms with Gasteiger partial charge in [-0.2, -0.15) is 0 Å². The van der Waals surface area contributed by atoms with Gasteiger partial charge in [-0.25, -0.2) is 9.97 Å². The molecular formula is C10H14ClN3O. The van der Waals surface area contributed by atoms with E-state index in [1.807, 2.05) is 20.8 Å². The predicted octanol–water partition coefficient (Wildman–Crippen LogP) is 2.42. The van der Waals surface area contributed by atoms with Crippen LogP contribution in [0.2, 0.25) is 5.15 Å². The molecule has 0 saturated carbocycles. The minimum atomic E-state index is -0.473. The number of amides is 1. The molecule has 5 heteroatoms. The number of aromatic nitrogens is 2. The molecule has 0 unspecified atom stereocenters. The maximum atomic E-state index is 11.6. The highest BCUT2D eigenvalue weighted by Crippen LogP contribution is 2.16. The summed E-state index contributed by atoms with van der Waals surface area (Å²) >= 11 is 5.75. The summed E-state index contributed by atoms with van der Waals surface area (Å²) in [6.45, 7) is 7.25. The SMILES string of the molecule is Cc1cc(Cl)nc(NC(=O)C(C)(C)C)n1. The van der Waals surface area contributed by atoms with Gasteiger partial charge in [0.25, 0.3) is 0 Å². The van der Waals surface area contributed by atoms with Crippen molar-refractivity contribution in [3.05, 3.63) is 16.9 Å². The summed E-state index contributed by atoms with van der Waals surface area (Å²) in [5.74, 6) is 0.115. The van der Waals surface area contributed by atoms with Gasteiger partial charge in [0, 0.05) is 11.1 Å². The fourth-order valence-electron chi connectivity index (χ4n) is 0.875. The zero-order valence-electron chi connectivity index (χ0n) is 9.26. The summed E-state index contributed by atoms with van der Waals surface area (Å²) in [6, 6.07) is 1.63. The minimum Gasteiger partial charge on any atom is -0.294 e. The molecule has 0 fully saturated rings. The van der Waals surface area contributed by atoms with E-state index in [2.05, 4.69) is 15.3 Å². The average Bonchev–Trinajstić information content (AvgIpc) is 1.99. The standard InChI is InChI=1S/C10H14ClN3O/c1-6-5-7(11)13-9(12-6)14-8(15)10(2,3)4/h5H,1-4H3,(H,12,13,14,15). The smallest absolute Gasteiger partial charge is 0.232 e. The van der Waals surface area contributed by atoms with Crippen LogP contribution in [0.5, 0.6) is 0 Å². The first-order valence-electron chi connectivity index (χ1n) is 4.61. The minimum absolute atomic E-state index is 0.135. The molecule has 1 N–H and O–H groups in total. The lowest BCUT2D eigenvalue weighted by atomic mass is 9.96. The van der Waals surface area contributed by atoms with Crippen molar-refractivity contribution in [2.45, 2.75) is 27.7 Å². The molecule has 0 radical (unpaired) electrons. The number of nitrogens with one attached hydrogen (secondary N) is 1. The summed E-state index contributed by atoms with van der Waals surface area (Å²) in [7, 11) is 0. The van der Waals surface area contributed by atoms with Gasteiger partial charge >= 0.3 is 0 Å². The normalized spacial score (nSPS) is 11.3. The first kappa shape index (κ1) is 11.9. The number of carbonyl (C=O) groups is 1. The second-order valence-electron chi connectivity index (χ2n) is 4.36. The van der Waals surface area contributed by atoms with E-state index in [1.165, 1.54) is 0 Å². The van der Waals surface area contributed by atoms with Crippen molar-refractivity contribution in [2.24, 2.45) is 5.41 Å². The molecule has 1 aromatic heterocycles. The van der Waals surface area contributed by atoms with Crippen LogP contribution in [0.1, 0.15) is 26.5 Å². The van der Waals surface area contributed by atoms with E-state index >= 15 is 0 Å². The number of rotatable bonds is 1. The van der Waals surface area contributed by atoms with Gasteiger partial charge in [0.15, 0.2) is 0 Å². The van der Waals surface area contributed by atoms with Crippen LogP contribution in [-0.4, -0.2) is 15.9 Å². The quantitative estimate of drug-likeness (QED) is 0.750. The number of carbonyl (C=O) groups excluding carboxylic acids is 1. The number of aryl methyl sites for hydroxylation is 1. The molecule has 0 bridgehead atoms. The second-order valence-corrected chi connectivity index (χ2v) is 4.75. The Balaban J connectivity index is 2.86. The average molecular weight is 228 g/mol. The van der Waals surface area contributed by atoms with Gasteiger partial charge in [-0.1, -0.05) is 32.4 Å². The Morgan fingerprint density at radius 3 is 2.47 bits per heavy atom. The molecule has 1 heterocycles. The summed E-state index contributed by atoms with van der Waals surface area (Å²) in [5.41, 5.74) is 0.249. The summed E-state index contributed by atoms with van der Waals surface area (Å²) in [4.78, 5) is 19.6. The van der Waals surface area contributed by atoms with Crippen molar-refractivity contribution in [1.82, 2.24) is 9.97 Å². The van der Waals surface area contributed by atoms with Crippen molar-refractivity contribution in [1.29, 1.82) is 0 Å². The van der Waals surface area contributed by atoms with E-state index in [1.54, 1.807) is 13.0 Å². The van der Waals surface area contributed by atoms with E-state index in [4.69, 9.17) is 11.6 Å².